The summed E-state index contributed by atoms with van der Waals surface area (Å²) >= 11 is 0. The highest BCUT2D eigenvalue weighted by Crippen LogP contribution is 2.27. The molecular weight excluding hydrogens is 202 g/mol. The molecule has 94 valence electrons. The van der Waals surface area contributed by atoms with Crippen molar-refractivity contribution in [2.45, 2.75) is 65.0 Å². The maximum absolute atomic E-state index is 11.6. The maximum atomic E-state index is 11.6. The van der Waals surface area contributed by atoms with E-state index in [1.165, 1.54) is 12.8 Å². The molecule has 0 aromatic heterocycles. The molecule has 1 aliphatic rings. The first-order valence-electron chi connectivity index (χ1n) is 6.60. The molecule has 0 saturated heterocycles. The normalized spacial score (nSPS) is 26.7. The van der Waals surface area contributed by atoms with Crippen LogP contribution in [0.3, 0.4) is 0 Å². The highest BCUT2D eigenvalue weighted by atomic mass is 16.5. The predicted molar refractivity (Wildman–Crippen MR) is 65.3 cm³/mol. The Morgan fingerprint density at radius 3 is 2.81 bits per heavy atom. The molecule has 0 amide bonds. The maximum Gasteiger partial charge on any atom is 0.308 e. The van der Waals surface area contributed by atoms with E-state index in [-0.39, 0.29) is 11.9 Å². The first-order valence-corrected chi connectivity index (χ1v) is 6.60. The monoisotopic (exact) mass is 227 g/mol. The molecule has 16 heavy (non-hydrogen) atoms. The van der Waals surface area contributed by atoms with E-state index in [1.54, 1.807) is 0 Å². The zero-order chi connectivity index (χ0) is 12.0. The van der Waals surface area contributed by atoms with Crippen LogP contribution in [-0.2, 0) is 9.53 Å². The highest BCUT2D eigenvalue weighted by Gasteiger charge is 2.31. The van der Waals surface area contributed by atoms with Gasteiger partial charge in [-0.2, -0.15) is 0 Å². The van der Waals surface area contributed by atoms with Crippen LogP contribution in [-0.4, -0.2) is 24.7 Å². The molecule has 0 aromatic rings. The van der Waals surface area contributed by atoms with E-state index >= 15 is 0 Å². The summed E-state index contributed by atoms with van der Waals surface area (Å²) in [4.78, 5) is 11.6. The summed E-state index contributed by atoms with van der Waals surface area (Å²) in [5.74, 6) is 0.126. The number of hydrogen-bond acceptors (Lipinski definition) is 3. The third-order valence-electron chi connectivity index (χ3n) is 3.29. The van der Waals surface area contributed by atoms with E-state index in [1.807, 2.05) is 6.92 Å². The Balaban J connectivity index is 2.26. The van der Waals surface area contributed by atoms with Gasteiger partial charge in [-0.05, 0) is 39.5 Å². The molecule has 0 radical (unpaired) electrons. The van der Waals surface area contributed by atoms with Gasteiger partial charge in [0, 0.05) is 12.1 Å². The molecule has 0 heterocycles. The van der Waals surface area contributed by atoms with Crippen molar-refractivity contribution in [3.05, 3.63) is 0 Å². The van der Waals surface area contributed by atoms with Gasteiger partial charge in [0.2, 0.25) is 0 Å². The highest BCUT2D eigenvalue weighted by molar-refractivity contribution is 5.72. The molecule has 3 heteroatoms. The van der Waals surface area contributed by atoms with Gasteiger partial charge < -0.3 is 10.1 Å². The van der Waals surface area contributed by atoms with Crippen molar-refractivity contribution in [1.82, 2.24) is 5.32 Å². The van der Waals surface area contributed by atoms with E-state index in [0.717, 1.165) is 19.3 Å². The van der Waals surface area contributed by atoms with Gasteiger partial charge in [-0.3, -0.25) is 4.79 Å². The summed E-state index contributed by atoms with van der Waals surface area (Å²) in [7, 11) is 0. The third kappa shape index (κ3) is 4.12. The Hall–Kier alpha value is -0.570. The van der Waals surface area contributed by atoms with Crippen molar-refractivity contribution < 1.29 is 9.53 Å². The van der Waals surface area contributed by atoms with Crippen LogP contribution in [0, 0.1) is 5.92 Å². The number of carbonyl (C=O) groups is 1. The van der Waals surface area contributed by atoms with Crippen molar-refractivity contribution in [2.24, 2.45) is 5.92 Å². The lowest BCUT2D eigenvalue weighted by molar-refractivity contribution is -0.147. The van der Waals surface area contributed by atoms with Crippen LogP contribution in [0.1, 0.15) is 52.9 Å². The minimum Gasteiger partial charge on any atom is -0.466 e. The van der Waals surface area contributed by atoms with E-state index < -0.39 is 0 Å². The number of hydrogen-bond donors (Lipinski definition) is 1. The van der Waals surface area contributed by atoms with E-state index in [0.29, 0.717) is 18.7 Å². The number of ether oxygens (including phenoxy) is 1. The Kier molecular flexibility index (Phi) is 5.81. The zero-order valence-electron chi connectivity index (χ0n) is 10.8. The fourth-order valence-corrected chi connectivity index (χ4v) is 2.53. The zero-order valence-corrected chi connectivity index (χ0v) is 10.8. The molecule has 0 spiro atoms. The standard InChI is InChI=1S/C13H25NO2/c1-4-6-10(3)14-12-8-7-11(9-12)13(15)16-5-2/h10-12,14H,4-9H2,1-3H3. The lowest BCUT2D eigenvalue weighted by atomic mass is 10.1. The average Bonchev–Trinajstić information content (AvgIpc) is 2.67. The number of rotatable bonds is 6. The Morgan fingerprint density at radius 1 is 1.44 bits per heavy atom. The molecule has 0 bridgehead atoms. The fourth-order valence-electron chi connectivity index (χ4n) is 2.53. The van der Waals surface area contributed by atoms with Crippen LogP contribution in [0.25, 0.3) is 0 Å². The van der Waals surface area contributed by atoms with Gasteiger partial charge in [0.1, 0.15) is 0 Å². The Morgan fingerprint density at radius 2 is 2.19 bits per heavy atom. The quantitative estimate of drug-likeness (QED) is 0.708. The van der Waals surface area contributed by atoms with Crippen LogP contribution in [0.4, 0.5) is 0 Å². The summed E-state index contributed by atoms with van der Waals surface area (Å²) < 4.78 is 5.06. The van der Waals surface area contributed by atoms with E-state index in [2.05, 4.69) is 19.2 Å². The summed E-state index contributed by atoms with van der Waals surface area (Å²) in [6.45, 7) is 6.79. The van der Waals surface area contributed by atoms with Crippen LogP contribution in [0.15, 0.2) is 0 Å². The molecule has 1 saturated carbocycles. The van der Waals surface area contributed by atoms with Gasteiger partial charge in [-0.1, -0.05) is 13.3 Å². The van der Waals surface area contributed by atoms with Gasteiger partial charge in [-0.25, -0.2) is 0 Å². The number of esters is 1. The van der Waals surface area contributed by atoms with Crippen molar-refractivity contribution in [3.8, 4) is 0 Å². The van der Waals surface area contributed by atoms with Gasteiger partial charge in [0.25, 0.3) is 0 Å². The van der Waals surface area contributed by atoms with Crippen LogP contribution in [0.2, 0.25) is 0 Å². The lowest BCUT2D eigenvalue weighted by Crippen LogP contribution is -2.35. The van der Waals surface area contributed by atoms with Crippen LogP contribution >= 0.6 is 0 Å². The van der Waals surface area contributed by atoms with Crippen molar-refractivity contribution >= 4 is 5.97 Å². The largest absolute Gasteiger partial charge is 0.466 e. The number of nitrogens with one attached hydrogen (secondary N) is 1. The molecule has 1 rings (SSSR count). The Labute approximate surface area is 98.9 Å². The minimum absolute atomic E-state index is 0.00468. The summed E-state index contributed by atoms with van der Waals surface area (Å²) in [5, 5.41) is 3.60. The average molecular weight is 227 g/mol. The van der Waals surface area contributed by atoms with E-state index in [9.17, 15) is 4.79 Å². The molecule has 1 N–H and O–H groups in total. The molecule has 3 nitrogen and oxygen atoms in total. The molecular formula is C13H25NO2. The second kappa shape index (κ2) is 6.89. The molecule has 3 unspecified atom stereocenters. The minimum atomic E-state index is -0.00468. The predicted octanol–water partition coefficient (Wildman–Crippen LogP) is 2.50. The van der Waals surface area contributed by atoms with Crippen LogP contribution < -0.4 is 5.32 Å². The fraction of sp³-hybridized carbons (Fsp3) is 0.923. The van der Waals surface area contributed by atoms with Gasteiger partial charge in [0.15, 0.2) is 0 Å². The molecule has 1 aliphatic carbocycles. The SMILES string of the molecule is CCCC(C)NC1CCC(C(=O)OCC)C1. The summed E-state index contributed by atoms with van der Waals surface area (Å²) in [6, 6.07) is 1.08. The second-order valence-corrected chi connectivity index (χ2v) is 4.82. The lowest BCUT2D eigenvalue weighted by Gasteiger charge is -2.18. The molecule has 3 atom stereocenters. The number of carbonyl (C=O) groups excluding carboxylic acids is 1. The molecule has 0 aromatic carbocycles. The Bertz CT molecular complexity index is 218. The third-order valence-corrected chi connectivity index (χ3v) is 3.29. The van der Waals surface area contributed by atoms with E-state index in [4.69, 9.17) is 4.74 Å². The summed E-state index contributed by atoms with van der Waals surface area (Å²) in [6.07, 6.45) is 5.46. The summed E-state index contributed by atoms with van der Waals surface area (Å²) in [5.41, 5.74) is 0. The van der Waals surface area contributed by atoms with Crippen molar-refractivity contribution in [1.29, 1.82) is 0 Å². The first-order chi connectivity index (χ1) is 7.67. The second-order valence-electron chi connectivity index (χ2n) is 4.82. The van der Waals surface area contributed by atoms with Gasteiger partial charge in [0.05, 0.1) is 12.5 Å². The smallest absolute Gasteiger partial charge is 0.308 e. The van der Waals surface area contributed by atoms with Gasteiger partial charge >= 0.3 is 5.97 Å². The topological polar surface area (TPSA) is 38.3 Å². The van der Waals surface area contributed by atoms with Crippen molar-refractivity contribution in [2.75, 3.05) is 6.61 Å². The molecule has 1 fully saturated rings. The molecule has 0 aliphatic heterocycles. The van der Waals surface area contributed by atoms with Gasteiger partial charge in [-0.15, -0.1) is 0 Å². The van der Waals surface area contributed by atoms with Crippen LogP contribution in [0.5, 0.6) is 0 Å². The first kappa shape index (κ1) is 13.5. The van der Waals surface area contributed by atoms with Crippen molar-refractivity contribution in [3.63, 3.8) is 0 Å².